The van der Waals surface area contributed by atoms with Gasteiger partial charge in [0.05, 0.1) is 18.6 Å². The smallest absolute Gasteiger partial charge is 0.322 e. The zero-order chi connectivity index (χ0) is 14.5. The Labute approximate surface area is 113 Å². The molecule has 0 fully saturated rings. The van der Waals surface area contributed by atoms with E-state index in [4.69, 9.17) is 14.6 Å². The van der Waals surface area contributed by atoms with Crippen molar-refractivity contribution in [2.75, 3.05) is 7.11 Å². The van der Waals surface area contributed by atoms with E-state index in [2.05, 4.69) is 9.97 Å². The Kier molecular flexibility index (Phi) is 4.06. The van der Waals surface area contributed by atoms with Crippen LogP contribution in [0.1, 0.15) is 5.56 Å². The van der Waals surface area contributed by atoms with Gasteiger partial charge in [-0.15, -0.1) is 0 Å². The third-order valence-corrected chi connectivity index (χ3v) is 2.44. The minimum Gasteiger partial charge on any atom is -0.493 e. The molecule has 1 aromatic carbocycles. The number of ether oxygens (including phenoxy) is 2. The van der Waals surface area contributed by atoms with E-state index in [1.165, 1.54) is 7.11 Å². The van der Waals surface area contributed by atoms with Crippen LogP contribution >= 0.6 is 0 Å². The number of rotatable bonds is 5. The van der Waals surface area contributed by atoms with E-state index in [1.54, 1.807) is 18.2 Å². The topological polar surface area (TPSA) is 108 Å². The first-order valence-corrected chi connectivity index (χ1v) is 5.56. The summed E-state index contributed by atoms with van der Waals surface area (Å²) in [7, 11) is 1.46. The van der Waals surface area contributed by atoms with E-state index in [0.717, 1.165) is 12.4 Å². The van der Waals surface area contributed by atoms with Crippen LogP contribution < -0.4 is 9.47 Å². The standard InChI is InChI=1S/C12H11N3O5/c1-19-11-4-8(7-16)2-3-10(11)20-12-13-5-9(6-14-12)15(17)18/h2-6,16H,7H2,1H3. The molecule has 1 aromatic heterocycles. The van der Waals surface area contributed by atoms with E-state index >= 15 is 0 Å². The van der Waals surface area contributed by atoms with E-state index in [0.29, 0.717) is 17.1 Å². The maximum absolute atomic E-state index is 10.5. The fraction of sp³-hybridized carbons (Fsp3) is 0.167. The monoisotopic (exact) mass is 277 g/mol. The number of aliphatic hydroxyl groups is 1. The van der Waals surface area contributed by atoms with Gasteiger partial charge in [0.1, 0.15) is 12.4 Å². The molecular formula is C12H11N3O5. The van der Waals surface area contributed by atoms with Crippen molar-refractivity contribution < 1.29 is 19.5 Å². The first-order valence-electron chi connectivity index (χ1n) is 5.56. The number of nitro groups is 1. The predicted octanol–water partition coefficient (Wildman–Crippen LogP) is 1.68. The molecule has 0 atom stereocenters. The average molecular weight is 277 g/mol. The molecule has 1 N–H and O–H groups in total. The summed E-state index contributed by atoms with van der Waals surface area (Å²) in [5.74, 6) is 0.747. The largest absolute Gasteiger partial charge is 0.493 e. The molecule has 20 heavy (non-hydrogen) atoms. The van der Waals surface area contributed by atoms with Crippen molar-refractivity contribution in [2.24, 2.45) is 0 Å². The third kappa shape index (κ3) is 2.98. The molecule has 1 heterocycles. The number of methoxy groups -OCH3 is 1. The van der Waals surface area contributed by atoms with Gasteiger partial charge in [-0.25, -0.2) is 0 Å². The number of benzene rings is 1. The van der Waals surface area contributed by atoms with Crippen LogP contribution in [0.3, 0.4) is 0 Å². The van der Waals surface area contributed by atoms with Gasteiger partial charge in [0.25, 0.3) is 0 Å². The number of hydrogen-bond donors (Lipinski definition) is 1. The molecule has 2 aromatic rings. The summed E-state index contributed by atoms with van der Waals surface area (Å²) >= 11 is 0. The van der Waals surface area contributed by atoms with Crippen molar-refractivity contribution in [3.05, 3.63) is 46.3 Å². The zero-order valence-electron chi connectivity index (χ0n) is 10.5. The van der Waals surface area contributed by atoms with E-state index in [-0.39, 0.29) is 18.3 Å². The molecule has 0 saturated heterocycles. The second-order valence-electron chi connectivity index (χ2n) is 3.73. The summed E-state index contributed by atoms with van der Waals surface area (Å²) in [6.45, 7) is -0.120. The summed E-state index contributed by atoms with van der Waals surface area (Å²) in [5.41, 5.74) is 0.443. The zero-order valence-corrected chi connectivity index (χ0v) is 10.5. The van der Waals surface area contributed by atoms with Gasteiger partial charge >= 0.3 is 11.7 Å². The van der Waals surface area contributed by atoms with E-state index in [9.17, 15) is 10.1 Å². The Balaban J connectivity index is 2.23. The lowest BCUT2D eigenvalue weighted by molar-refractivity contribution is -0.385. The van der Waals surface area contributed by atoms with Gasteiger partial charge in [0, 0.05) is 0 Å². The van der Waals surface area contributed by atoms with Crippen molar-refractivity contribution in [1.82, 2.24) is 9.97 Å². The normalized spacial score (nSPS) is 10.1. The summed E-state index contributed by atoms with van der Waals surface area (Å²) in [4.78, 5) is 17.4. The highest BCUT2D eigenvalue weighted by Crippen LogP contribution is 2.31. The number of hydrogen-bond acceptors (Lipinski definition) is 7. The van der Waals surface area contributed by atoms with Crippen molar-refractivity contribution in [3.63, 3.8) is 0 Å². The van der Waals surface area contributed by atoms with Crippen LogP contribution in [0.25, 0.3) is 0 Å². The summed E-state index contributed by atoms with van der Waals surface area (Å²) < 4.78 is 10.5. The fourth-order valence-corrected chi connectivity index (χ4v) is 1.45. The van der Waals surface area contributed by atoms with E-state index in [1.807, 2.05) is 0 Å². The Morgan fingerprint density at radius 1 is 1.30 bits per heavy atom. The van der Waals surface area contributed by atoms with Crippen LogP contribution in [0.15, 0.2) is 30.6 Å². The van der Waals surface area contributed by atoms with Crippen molar-refractivity contribution in [2.45, 2.75) is 6.61 Å². The summed E-state index contributed by atoms with van der Waals surface area (Å²) in [6.07, 6.45) is 2.10. The Bertz CT molecular complexity index is 615. The molecule has 0 bridgehead atoms. The molecule has 0 aliphatic rings. The quantitative estimate of drug-likeness (QED) is 0.654. The van der Waals surface area contributed by atoms with Crippen LogP contribution in [0.5, 0.6) is 17.5 Å². The second kappa shape index (κ2) is 5.93. The molecule has 8 heteroatoms. The SMILES string of the molecule is COc1cc(CO)ccc1Oc1ncc([N+](=O)[O-])cn1. The lowest BCUT2D eigenvalue weighted by Gasteiger charge is -2.09. The molecule has 0 unspecified atom stereocenters. The van der Waals surface area contributed by atoms with E-state index < -0.39 is 4.92 Å². The minimum absolute atomic E-state index is 0.0364. The van der Waals surface area contributed by atoms with Crippen LogP contribution in [0, 0.1) is 10.1 Å². The highest BCUT2D eigenvalue weighted by atomic mass is 16.6. The van der Waals surface area contributed by atoms with Crippen molar-refractivity contribution in [3.8, 4) is 17.5 Å². The molecular weight excluding hydrogens is 266 g/mol. The molecule has 104 valence electrons. The van der Waals surface area contributed by atoms with Gasteiger partial charge < -0.3 is 14.6 Å². The van der Waals surface area contributed by atoms with Crippen molar-refractivity contribution in [1.29, 1.82) is 0 Å². The predicted molar refractivity (Wildman–Crippen MR) is 67.7 cm³/mol. The lowest BCUT2D eigenvalue weighted by Crippen LogP contribution is -1.97. The summed E-state index contributed by atoms with van der Waals surface area (Å²) in [6, 6.07) is 4.82. The molecule has 8 nitrogen and oxygen atoms in total. The Morgan fingerprint density at radius 3 is 2.55 bits per heavy atom. The molecule has 2 rings (SSSR count). The van der Waals surface area contributed by atoms with Crippen molar-refractivity contribution >= 4 is 5.69 Å². The Morgan fingerprint density at radius 2 is 2.00 bits per heavy atom. The van der Waals surface area contributed by atoms with Gasteiger partial charge in [-0.05, 0) is 17.7 Å². The maximum Gasteiger partial charge on any atom is 0.322 e. The third-order valence-electron chi connectivity index (χ3n) is 2.44. The summed E-state index contributed by atoms with van der Waals surface area (Å²) in [5, 5.41) is 19.5. The van der Waals surface area contributed by atoms with Gasteiger partial charge in [-0.1, -0.05) is 6.07 Å². The number of nitrogens with zero attached hydrogens (tertiary/aromatic N) is 3. The highest BCUT2D eigenvalue weighted by Gasteiger charge is 2.11. The Hall–Kier alpha value is -2.74. The lowest BCUT2D eigenvalue weighted by atomic mass is 10.2. The van der Waals surface area contributed by atoms with Gasteiger partial charge in [-0.2, -0.15) is 9.97 Å². The van der Waals surface area contributed by atoms with Gasteiger partial charge in [0.15, 0.2) is 11.5 Å². The first-order chi connectivity index (χ1) is 9.63. The molecule has 0 radical (unpaired) electrons. The fourth-order valence-electron chi connectivity index (χ4n) is 1.45. The first kappa shape index (κ1) is 13.7. The molecule has 0 saturated carbocycles. The maximum atomic E-state index is 10.5. The molecule has 0 spiro atoms. The van der Waals surface area contributed by atoms with Gasteiger partial charge in [-0.3, -0.25) is 10.1 Å². The van der Waals surface area contributed by atoms with Crippen LogP contribution in [0.2, 0.25) is 0 Å². The number of aliphatic hydroxyl groups excluding tert-OH is 1. The van der Waals surface area contributed by atoms with Crippen LogP contribution in [-0.4, -0.2) is 27.1 Å². The average Bonchev–Trinajstić information content (AvgIpc) is 2.48. The van der Waals surface area contributed by atoms with Crippen LogP contribution in [0.4, 0.5) is 5.69 Å². The number of aromatic nitrogens is 2. The molecule has 0 aliphatic carbocycles. The van der Waals surface area contributed by atoms with Crippen LogP contribution in [-0.2, 0) is 6.61 Å². The second-order valence-corrected chi connectivity index (χ2v) is 3.73. The molecule has 0 amide bonds. The van der Waals surface area contributed by atoms with Gasteiger partial charge in [0.2, 0.25) is 0 Å². The highest BCUT2D eigenvalue weighted by molar-refractivity contribution is 5.44. The molecule has 0 aliphatic heterocycles. The minimum atomic E-state index is -0.597.